The molecule has 18 heavy (non-hydrogen) atoms. The molecule has 0 saturated carbocycles. The lowest BCUT2D eigenvalue weighted by Crippen LogP contribution is -2.47. The zero-order valence-electron chi connectivity index (χ0n) is 10.1. The molecular weight excluding hydrogens is 301 g/mol. The van der Waals surface area contributed by atoms with Gasteiger partial charge in [-0.1, -0.05) is 15.9 Å². The third kappa shape index (κ3) is 2.64. The van der Waals surface area contributed by atoms with E-state index < -0.39 is 5.82 Å². The molecule has 0 radical (unpaired) electrons. The Morgan fingerprint density at radius 3 is 2.56 bits per heavy atom. The second kappa shape index (κ2) is 5.24. The fourth-order valence-corrected chi connectivity index (χ4v) is 2.42. The van der Waals surface area contributed by atoms with Crippen molar-refractivity contribution >= 4 is 27.5 Å². The Balaban J connectivity index is 2.23. The van der Waals surface area contributed by atoms with E-state index in [1.54, 1.807) is 4.90 Å². The first kappa shape index (κ1) is 13.3. The molecule has 1 aromatic carbocycles. The highest BCUT2D eigenvalue weighted by atomic mass is 79.9. The van der Waals surface area contributed by atoms with Crippen LogP contribution in [0.5, 0.6) is 0 Å². The molecule has 1 aliphatic heterocycles. The summed E-state index contributed by atoms with van der Waals surface area (Å²) in [4.78, 5) is 16.0. The lowest BCUT2D eigenvalue weighted by atomic mass is 10.1. The number of halogens is 2. The van der Waals surface area contributed by atoms with Crippen LogP contribution >= 0.6 is 15.9 Å². The minimum atomic E-state index is -0.637. The first-order valence-electron chi connectivity index (χ1n) is 5.71. The number of likely N-dealkylation sites (N-methyl/N-ethyl adjacent to an activating group) is 1. The lowest BCUT2D eigenvalue weighted by molar-refractivity contribution is 0.0659. The monoisotopic (exact) mass is 315 g/mol. The third-order valence-electron chi connectivity index (χ3n) is 3.09. The van der Waals surface area contributed by atoms with E-state index in [4.69, 9.17) is 5.73 Å². The van der Waals surface area contributed by atoms with Gasteiger partial charge in [-0.3, -0.25) is 4.79 Å². The average Bonchev–Trinajstić information content (AvgIpc) is 2.34. The first-order chi connectivity index (χ1) is 8.49. The van der Waals surface area contributed by atoms with E-state index in [0.717, 1.165) is 13.1 Å². The van der Waals surface area contributed by atoms with Crippen molar-refractivity contribution in [3.8, 4) is 0 Å². The van der Waals surface area contributed by atoms with E-state index in [9.17, 15) is 9.18 Å². The summed E-state index contributed by atoms with van der Waals surface area (Å²) in [7, 11) is 2.00. The van der Waals surface area contributed by atoms with Crippen molar-refractivity contribution in [2.24, 2.45) is 0 Å². The van der Waals surface area contributed by atoms with Gasteiger partial charge in [0.15, 0.2) is 5.82 Å². The Bertz CT molecular complexity index is 473. The first-order valence-corrected chi connectivity index (χ1v) is 6.50. The number of nitrogens with zero attached hydrogens (tertiary/aromatic N) is 2. The minimum absolute atomic E-state index is 0.0122. The summed E-state index contributed by atoms with van der Waals surface area (Å²) in [6.07, 6.45) is 0. The molecule has 2 rings (SSSR count). The van der Waals surface area contributed by atoms with Gasteiger partial charge in [-0.2, -0.15) is 0 Å². The molecule has 0 spiro atoms. The molecule has 1 saturated heterocycles. The van der Waals surface area contributed by atoms with E-state index in [-0.39, 0.29) is 17.2 Å². The van der Waals surface area contributed by atoms with Gasteiger partial charge in [0.2, 0.25) is 0 Å². The highest BCUT2D eigenvalue weighted by Crippen LogP contribution is 2.23. The van der Waals surface area contributed by atoms with E-state index in [2.05, 4.69) is 20.8 Å². The van der Waals surface area contributed by atoms with Gasteiger partial charge in [-0.25, -0.2) is 4.39 Å². The number of carbonyl (C=O) groups is 1. The summed E-state index contributed by atoms with van der Waals surface area (Å²) in [5, 5.41) is 0. The van der Waals surface area contributed by atoms with Crippen molar-refractivity contribution in [2.45, 2.75) is 0 Å². The average molecular weight is 316 g/mol. The highest BCUT2D eigenvalue weighted by molar-refractivity contribution is 9.10. The van der Waals surface area contributed by atoms with E-state index in [1.165, 1.54) is 12.1 Å². The maximum atomic E-state index is 13.9. The molecular formula is C12H15BrFN3O. The molecule has 1 amide bonds. The molecule has 1 aromatic rings. The number of nitrogen functional groups attached to an aromatic ring is 1. The summed E-state index contributed by atoms with van der Waals surface area (Å²) in [5.41, 5.74) is 5.55. The second-order valence-corrected chi connectivity index (χ2v) is 5.37. The van der Waals surface area contributed by atoms with Crippen molar-refractivity contribution in [3.63, 3.8) is 0 Å². The van der Waals surface area contributed by atoms with Crippen molar-refractivity contribution in [3.05, 3.63) is 28.0 Å². The molecule has 0 atom stereocenters. The molecule has 0 bridgehead atoms. The number of nitrogens with two attached hydrogens (primary N) is 1. The number of rotatable bonds is 1. The molecule has 0 unspecified atom stereocenters. The van der Waals surface area contributed by atoms with E-state index in [1.807, 2.05) is 7.05 Å². The van der Waals surface area contributed by atoms with Crippen molar-refractivity contribution in [1.29, 1.82) is 0 Å². The van der Waals surface area contributed by atoms with Crippen LogP contribution in [0.2, 0.25) is 0 Å². The Morgan fingerprint density at radius 2 is 1.94 bits per heavy atom. The van der Waals surface area contributed by atoms with Crippen molar-refractivity contribution in [2.75, 3.05) is 39.0 Å². The van der Waals surface area contributed by atoms with Gasteiger partial charge in [-0.05, 0) is 19.2 Å². The SMILES string of the molecule is CN1CCN(C(=O)c2cc(Br)cc(N)c2F)CC1. The van der Waals surface area contributed by atoms with Crippen molar-refractivity contribution < 1.29 is 9.18 Å². The summed E-state index contributed by atoms with van der Waals surface area (Å²) in [5.74, 6) is -0.935. The van der Waals surface area contributed by atoms with Gasteiger partial charge in [0, 0.05) is 30.7 Å². The van der Waals surface area contributed by atoms with Crippen LogP contribution in [0.1, 0.15) is 10.4 Å². The third-order valence-corrected chi connectivity index (χ3v) is 3.54. The molecule has 6 heteroatoms. The number of hydrogen-bond donors (Lipinski definition) is 1. The quantitative estimate of drug-likeness (QED) is 0.800. The van der Waals surface area contributed by atoms with E-state index >= 15 is 0 Å². The molecule has 98 valence electrons. The van der Waals surface area contributed by atoms with Gasteiger partial charge < -0.3 is 15.5 Å². The Morgan fingerprint density at radius 1 is 1.33 bits per heavy atom. The van der Waals surface area contributed by atoms with Crippen molar-refractivity contribution in [1.82, 2.24) is 9.80 Å². The minimum Gasteiger partial charge on any atom is -0.396 e. The molecule has 0 aliphatic carbocycles. The van der Waals surface area contributed by atoms with Crippen LogP contribution in [-0.2, 0) is 0 Å². The Labute approximate surface area is 114 Å². The summed E-state index contributed by atoms with van der Waals surface area (Å²) < 4.78 is 14.5. The smallest absolute Gasteiger partial charge is 0.257 e. The van der Waals surface area contributed by atoms with Crippen LogP contribution in [0.4, 0.5) is 10.1 Å². The standard InChI is InChI=1S/C12H15BrFN3O/c1-16-2-4-17(5-3-16)12(18)9-6-8(13)7-10(15)11(9)14/h6-7H,2-5,15H2,1H3. The van der Waals surface area contributed by atoms with Gasteiger partial charge in [-0.15, -0.1) is 0 Å². The molecule has 1 aliphatic rings. The molecule has 1 heterocycles. The summed E-state index contributed by atoms with van der Waals surface area (Å²) in [6, 6.07) is 2.93. The van der Waals surface area contributed by atoms with Gasteiger partial charge in [0.05, 0.1) is 11.3 Å². The predicted molar refractivity (Wildman–Crippen MR) is 71.9 cm³/mol. The summed E-state index contributed by atoms with van der Waals surface area (Å²) >= 11 is 3.22. The second-order valence-electron chi connectivity index (χ2n) is 4.45. The van der Waals surface area contributed by atoms with Crippen LogP contribution in [0.3, 0.4) is 0 Å². The number of piperazine rings is 1. The number of carbonyl (C=O) groups excluding carboxylic acids is 1. The molecule has 1 fully saturated rings. The van der Waals surface area contributed by atoms with Gasteiger partial charge in [0.25, 0.3) is 5.91 Å². The van der Waals surface area contributed by atoms with Gasteiger partial charge >= 0.3 is 0 Å². The molecule has 0 aromatic heterocycles. The fraction of sp³-hybridized carbons (Fsp3) is 0.417. The van der Waals surface area contributed by atoms with Crippen LogP contribution in [0.25, 0.3) is 0 Å². The zero-order valence-corrected chi connectivity index (χ0v) is 11.7. The molecule has 4 nitrogen and oxygen atoms in total. The topological polar surface area (TPSA) is 49.6 Å². The number of hydrogen-bond acceptors (Lipinski definition) is 3. The zero-order chi connectivity index (χ0) is 13.3. The van der Waals surface area contributed by atoms with Crippen LogP contribution in [0.15, 0.2) is 16.6 Å². The fourth-order valence-electron chi connectivity index (χ4n) is 1.95. The number of anilines is 1. The van der Waals surface area contributed by atoms with Crippen LogP contribution < -0.4 is 5.73 Å². The normalized spacial score (nSPS) is 16.9. The molecule has 2 N–H and O–H groups in total. The maximum Gasteiger partial charge on any atom is 0.257 e. The highest BCUT2D eigenvalue weighted by Gasteiger charge is 2.24. The lowest BCUT2D eigenvalue weighted by Gasteiger charge is -2.32. The van der Waals surface area contributed by atoms with Crippen LogP contribution in [-0.4, -0.2) is 48.9 Å². The summed E-state index contributed by atoms with van der Waals surface area (Å²) in [6.45, 7) is 2.83. The van der Waals surface area contributed by atoms with Gasteiger partial charge in [0.1, 0.15) is 0 Å². The van der Waals surface area contributed by atoms with Crippen LogP contribution in [0, 0.1) is 5.82 Å². The largest absolute Gasteiger partial charge is 0.396 e. The number of benzene rings is 1. The number of amides is 1. The Hall–Kier alpha value is -1.14. The van der Waals surface area contributed by atoms with E-state index in [0.29, 0.717) is 17.6 Å². The Kier molecular flexibility index (Phi) is 3.87. The maximum absolute atomic E-state index is 13.9. The predicted octanol–water partition coefficient (Wildman–Crippen LogP) is 1.56.